The van der Waals surface area contributed by atoms with E-state index in [2.05, 4.69) is 27.4 Å². The number of para-hydroxylation sites is 1. The van der Waals surface area contributed by atoms with Crippen molar-refractivity contribution in [1.82, 2.24) is 15.2 Å². The molecule has 1 N–H and O–H groups in total. The average molecular weight is 194 g/mol. The zero-order valence-electron chi connectivity index (χ0n) is 7.94. The van der Waals surface area contributed by atoms with E-state index >= 15 is 0 Å². The van der Waals surface area contributed by atoms with Crippen molar-refractivity contribution in [2.45, 2.75) is 0 Å². The first-order chi connectivity index (χ1) is 7.43. The lowest BCUT2D eigenvalue weighted by Gasteiger charge is -1.99. The highest BCUT2D eigenvalue weighted by atomic mass is 15.1. The summed E-state index contributed by atoms with van der Waals surface area (Å²) in [5.41, 5.74) is 2.97. The summed E-state index contributed by atoms with van der Waals surface area (Å²) in [6.45, 7) is 0. The molecule has 1 radical (unpaired) electrons. The van der Waals surface area contributed by atoms with Gasteiger partial charge in [-0.1, -0.05) is 18.2 Å². The van der Waals surface area contributed by atoms with Crippen molar-refractivity contribution < 1.29 is 0 Å². The number of fused-ring (bicyclic) bond motifs is 1. The molecule has 15 heavy (non-hydrogen) atoms. The minimum absolute atomic E-state index is 0.938. The molecule has 0 aliphatic rings. The Morgan fingerprint density at radius 2 is 2.13 bits per heavy atom. The number of aromatic amines is 1. The van der Waals surface area contributed by atoms with Gasteiger partial charge in [0.1, 0.15) is 6.20 Å². The highest BCUT2D eigenvalue weighted by molar-refractivity contribution is 5.82. The number of hydrogen-bond acceptors (Lipinski definition) is 2. The number of rotatable bonds is 1. The van der Waals surface area contributed by atoms with Crippen molar-refractivity contribution >= 4 is 10.9 Å². The molecule has 0 amide bonds. The number of benzene rings is 1. The molecule has 3 aromatic rings. The highest BCUT2D eigenvalue weighted by Crippen LogP contribution is 2.19. The van der Waals surface area contributed by atoms with Crippen LogP contribution in [0.15, 0.2) is 42.6 Å². The van der Waals surface area contributed by atoms with Crippen molar-refractivity contribution in [1.29, 1.82) is 0 Å². The molecule has 0 saturated carbocycles. The predicted molar refractivity (Wildman–Crippen MR) is 58.2 cm³/mol. The molecule has 0 unspecified atom stereocenters. The van der Waals surface area contributed by atoms with E-state index in [0.717, 1.165) is 22.2 Å². The molecular formula is C12H8N3. The van der Waals surface area contributed by atoms with E-state index in [-0.39, 0.29) is 0 Å². The molecule has 0 saturated heterocycles. The van der Waals surface area contributed by atoms with Crippen LogP contribution in [0.1, 0.15) is 0 Å². The van der Waals surface area contributed by atoms with Crippen LogP contribution in [0.4, 0.5) is 0 Å². The summed E-state index contributed by atoms with van der Waals surface area (Å²) in [6, 6.07) is 11.9. The number of pyridine rings is 1. The van der Waals surface area contributed by atoms with Gasteiger partial charge in [0.25, 0.3) is 0 Å². The molecule has 0 aliphatic heterocycles. The van der Waals surface area contributed by atoms with Gasteiger partial charge < -0.3 is 0 Å². The van der Waals surface area contributed by atoms with Crippen molar-refractivity contribution in [3.05, 3.63) is 48.8 Å². The fourth-order valence-corrected chi connectivity index (χ4v) is 1.59. The summed E-state index contributed by atoms with van der Waals surface area (Å²) >= 11 is 0. The van der Waals surface area contributed by atoms with Crippen LogP contribution >= 0.6 is 0 Å². The van der Waals surface area contributed by atoms with Crippen LogP contribution in [0.3, 0.4) is 0 Å². The first-order valence-corrected chi connectivity index (χ1v) is 4.70. The second-order valence-corrected chi connectivity index (χ2v) is 3.33. The van der Waals surface area contributed by atoms with Crippen molar-refractivity contribution in [2.24, 2.45) is 0 Å². The second-order valence-electron chi connectivity index (χ2n) is 3.33. The van der Waals surface area contributed by atoms with E-state index in [4.69, 9.17) is 0 Å². The standard InChI is InChI=1S/C12H8N3/c1-2-4-11-9(3-1)7-10(8-13-11)12-5-6-14-15-12/h1-5,7-8H,(H,14,15). The number of nitrogens with one attached hydrogen (secondary N) is 1. The number of hydrogen-bond donors (Lipinski definition) is 1. The summed E-state index contributed by atoms with van der Waals surface area (Å²) in [4.78, 5) is 4.38. The Kier molecular flexibility index (Phi) is 1.75. The molecule has 3 nitrogen and oxygen atoms in total. The Bertz CT molecular complexity index is 585. The van der Waals surface area contributed by atoms with Gasteiger partial charge in [0.2, 0.25) is 0 Å². The zero-order chi connectivity index (χ0) is 10.1. The fourth-order valence-electron chi connectivity index (χ4n) is 1.59. The minimum atomic E-state index is 0.938. The maximum Gasteiger partial charge on any atom is 0.113 e. The average Bonchev–Trinajstić information content (AvgIpc) is 2.82. The van der Waals surface area contributed by atoms with Crippen LogP contribution in [0.5, 0.6) is 0 Å². The molecule has 71 valence electrons. The highest BCUT2D eigenvalue weighted by Gasteiger charge is 2.00. The normalized spacial score (nSPS) is 10.7. The molecule has 2 heterocycles. The van der Waals surface area contributed by atoms with Crippen LogP contribution in [0, 0.1) is 6.20 Å². The topological polar surface area (TPSA) is 41.6 Å². The number of nitrogens with zero attached hydrogens (tertiary/aromatic N) is 2. The first-order valence-electron chi connectivity index (χ1n) is 4.70. The quantitative estimate of drug-likeness (QED) is 0.646. The van der Waals surface area contributed by atoms with Gasteiger partial charge in [0.05, 0.1) is 11.2 Å². The van der Waals surface area contributed by atoms with Crippen LogP contribution in [-0.4, -0.2) is 15.2 Å². The Balaban J connectivity index is 2.22. The Labute approximate surface area is 86.8 Å². The van der Waals surface area contributed by atoms with E-state index in [9.17, 15) is 0 Å². The Morgan fingerprint density at radius 1 is 1.20 bits per heavy atom. The van der Waals surface area contributed by atoms with E-state index in [1.54, 1.807) is 0 Å². The maximum absolute atomic E-state index is 4.38. The molecule has 0 aliphatic carbocycles. The summed E-state index contributed by atoms with van der Waals surface area (Å²) < 4.78 is 0. The van der Waals surface area contributed by atoms with E-state index in [1.165, 1.54) is 0 Å². The van der Waals surface area contributed by atoms with Gasteiger partial charge in [0, 0.05) is 17.1 Å². The lowest BCUT2D eigenvalue weighted by Crippen LogP contribution is -1.82. The van der Waals surface area contributed by atoms with Gasteiger partial charge in [-0.25, -0.2) is 0 Å². The lowest BCUT2D eigenvalue weighted by molar-refractivity contribution is 1.09. The van der Waals surface area contributed by atoms with Crippen molar-refractivity contribution in [3.8, 4) is 11.3 Å². The third-order valence-corrected chi connectivity index (χ3v) is 2.35. The third-order valence-electron chi connectivity index (χ3n) is 2.35. The molecule has 3 rings (SSSR count). The van der Waals surface area contributed by atoms with Gasteiger partial charge in [0.15, 0.2) is 0 Å². The maximum atomic E-state index is 4.38. The van der Waals surface area contributed by atoms with Crippen LogP contribution in [-0.2, 0) is 0 Å². The number of H-pyrrole nitrogens is 1. The van der Waals surface area contributed by atoms with Crippen LogP contribution < -0.4 is 0 Å². The van der Waals surface area contributed by atoms with Gasteiger partial charge in [-0.05, 0) is 18.2 Å². The second kappa shape index (κ2) is 3.20. The largest absolute Gasteiger partial charge is 0.277 e. The van der Waals surface area contributed by atoms with Gasteiger partial charge >= 0.3 is 0 Å². The molecule has 2 aromatic heterocycles. The molecule has 0 fully saturated rings. The van der Waals surface area contributed by atoms with Gasteiger partial charge in [-0.2, -0.15) is 5.10 Å². The van der Waals surface area contributed by atoms with Crippen molar-refractivity contribution in [2.75, 3.05) is 0 Å². The summed E-state index contributed by atoms with van der Waals surface area (Å²) in [5, 5.41) is 7.80. The monoisotopic (exact) mass is 194 g/mol. The third kappa shape index (κ3) is 1.38. The Morgan fingerprint density at radius 3 is 3.00 bits per heavy atom. The lowest BCUT2D eigenvalue weighted by atomic mass is 10.1. The van der Waals surface area contributed by atoms with Crippen LogP contribution in [0.2, 0.25) is 0 Å². The van der Waals surface area contributed by atoms with E-state index in [0.29, 0.717) is 0 Å². The molecular weight excluding hydrogens is 186 g/mol. The van der Waals surface area contributed by atoms with Gasteiger partial charge in [-0.15, -0.1) is 0 Å². The summed E-state index contributed by atoms with van der Waals surface area (Å²) in [7, 11) is 0. The van der Waals surface area contributed by atoms with E-state index < -0.39 is 0 Å². The summed E-state index contributed by atoms with van der Waals surface area (Å²) in [5.74, 6) is 0. The minimum Gasteiger partial charge on any atom is -0.277 e. The molecule has 0 bridgehead atoms. The first kappa shape index (κ1) is 8.17. The molecule has 3 heteroatoms. The molecule has 0 spiro atoms. The molecule has 0 atom stereocenters. The Hall–Kier alpha value is -2.16. The zero-order valence-corrected chi connectivity index (χ0v) is 7.94. The smallest absolute Gasteiger partial charge is 0.113 e. The van der Waals surface area contributed by atoms with Crippen molar-refractivity contribution in [3.63, 3.8) is 0 Å². The van der Waals surface area contributed by atoms with Gasteiger partial charge in [-0.3, -0.25) is 10.1 Å². The molecule has 1 aromatic carbocycles. The fraction of sp³-hybridized carbons (Fsp3) is 0. The van der Waals surface area contributed by atoms with E-state index in [1.807, 2.05) is 36.5 Å². The number of aromatic nitrogens is 3. The van der Waals surface area contributed by atoms with Crippen LogP contribution in [0.25, 0.3) is 22.2 Å². The SMILES string of the molecule is [c]1cc(-c2cnc3ccccc3c2)[nH]n1. The predicted octanol–water partition coefficient (Wildman–Crippen LogP) is 2.43. The summed E-state index contributed by atoms with van der Waals surface area (Å²) in [6.07, 6.45) is 4.58.